The summed E-state index contributed by atoms with van der Waals surface area (Å²) in [6.45, 7) is 6.72. The van der Waals surface area contributed by atoms with Crippen molar-refractivity contribution < 1.29 is 14.6 Å². The number of ether oxygens (including phenoxy) is 1. The molecule has 2 aliphatic rings. The van der Waals surface area contributed by atoms with Gasteiger partial charge >= 0.3 is 0 Å². The fourth-order valence-electron chi connectivity index (χ4n) is 4.06. The molecule has 0 aromatic carbocycles. The molecule has 8 heteroatoms. The molecule has 26 heavy (non-hydrogen) atoms. The number of nitrogens with zero attached hydrogens (tertiary/aromatic N) is 4. The van der Waals surface area contributed by atoms with Gasteiger partial charge in [0.1, 0.15) is 5.82 Å². The van der Waals surface area contributed by atoms with Crippen molar-refractivity contribution in [1.29, 1.82) is 0 Å². The van der Waals surface area contributed by atoms with Crippen LogP contribution in [0.5, 0.6) is 5.88 Å². The summed E-state index contributed by atoms with van der Waals surface area (Å²) in [6, 6.07) is 1.84. The molecule has 2 saturated heterocycles. The number of hydrogen-bond acceptors (Lipinski definition) is 7. The maximum atomic E-state index is 12.1. The molecule has 2 aliphatic heterocycles. The normalized spacial score (nSPS) is 23.8. The van der Waals surface area contributed by atoms with Crippen molar-refractivity contribution in [2.45, 2.75) is 45.6 Å². The van der Waals surface area contributed by atoms with Crippen LogP contribution in [-0.4, -0.2) is 64.8 Å². The minimum Gasteiger partial charge on any atom is -0.475 e. The van der Waals surface area contributed by atoms with Crippen molar-refractivity contribution >= 4 is 17.7 Å². The highest BCUT2D eigenvalue weighted by atomic mass is 16.5. The van der Waals surface area contributed by atoms with Gasteiger partial charge in [0.25, 0.3) is 0 Å². The molecular formula is C18H29N5O3. The molecule has 144 valence electrons. The number of aliphatic hydroxyl groups is 1. The fraction of sp³-hybridized carbons (Fsp3) is 0.722. The number of carbonyl (C=O) groups is 1. The lowest BCUT2D eigenvalue weighted by Gasteiger charge is -2.48. The maximum absolute atomic E-state index is 12.1. The van der Waals surface area contributed by atoms with Crippen molar-refractivity contribution in [1.82, 2.24) is 14.9 Å². The predicted octanol–water partition coefficient (Wildman–Crippen LogP) is 1.05. The third kappa shape index (κ3) is 4.17. The number of hydrogen-bond donors (Lipinski definition) is 2. The van der Waals surface area contributed by atoms with E-state index in [4.69, 9.17) is 10.5 Å². The molecule has 0 bridgehead atoms. The third-order valence-electron chi connectivity index (χ3n) is 5.17. The summed E-state index contributed by atoms with van der Waals surface area (Å²) in [4.78, 5) is 24.7. The second-order valence-corrected chi connectivity index (χ2v) is 7.65. The molecule has 8 nitrogen and oxygen atoms in total. The fourth-order valence-corrected chi connectivity index (χ4v) is 4.06. The second kappa shape index (κ2) is 7.65. The Morgan fingerprint density at radius 2 is 2.15 bits per heavy atom. The molecule has 2 fully saturated rings. The lowest BCUT2D eigenvalue weighted by molar-refractivity contribution is -0.138. The van der Waals surface area contributed by atoms with E-state index < -0.39 is 0 Å². The van der Waals surface area contributed by atoms with Crippen molar-refractivity contribution in [3.05, 3.63) is 6.07 Å². The van der Waals surface area contributed by atoms with Gasteiger partial charge in [-0.2, -0.15) is 9.97 Å². The standard InChI is InChI=1S/C18H29N5O3/c1-13(2)26-15-10-14(20-17(19)21-15)22-7-3-5-18(11-22)6-4-16(25)23(12-18)8-9-24/h10,13,24H,3-9,11-12H2,1-2H3,(H2,19,20,21)/t18-/m1/s1. The number of aromatic nitrogens is 2. The van der Waals surface area contributed by atoms with Crippen LogP contribution >= 0.6 is 0 Å². The van der Waals surface area contributed by atoms with Gasteiger partial charge in [-0.25, -0.2) is 0 Å². The number of β-amino-alcohol motifs (C(OH)–C–C–N with tert-alkyl or cyclic N) is 1. The molecule has 0 unspecified atom stereocenters. The number of likely N-dealkylation sites (tertiary alicyclic amines) is 1. The Balaban J connectivity index is 1.78. The minimum atomic E-state index is 0.00385. The van der Waals surface area contributed by atoms with Gasteiger partial charge in [-0.05, 0) is 33.1 Å². The zero-order chi connectivity index (χ0) is 18.7. The Morgan fingerprint density at radius 1 is 1.35 bits per heavy atom. The van der Waals surface area contributed by atoms with E-state index in [1.165, 1.54) is 0 Å². The van der Waals surface area contributed by atoms with Crippen LogP contribution in [0.25, 0.3) is 0 Å². The summed E-state index contributed by atoms with van der Waals surface area (Å²) in [5.74, 6) is 1.61. The maximum Gasteiger partial charge on any atom is 0.225 e. The van der Waals surface area contributed by atoms with E-state index in [9.17, 15) is 9.90 Å². The average molecular weight is 363 g/mol. The largest absolute Gasteiger partial charge is 0.475 e. The second-order valence-electron chi connectivity index (χ2n) is 7.65. The van der Waals surface area contributed by atoms with Crippen LogP contribution < -0.4 is 15.4 Å². The smallest absolute Gasteiger partial charge is 0.225 e. The van der Waals surface area contributed by atoms with E-state index in [1.54, 1.807) is 4.90 Å². The molecule has 1 aromatic heterocycles. The molecule has 1 atom stereocenters. The first kappa shape index (κ1) is 18.7. The first-order valence-corrected chi connectivity index (χ1v) is 9.36. The van der Waals surface area contributed by atoms with Gasteiger partial charge < -0.3 is 25.4 Å². The van der Waals surface area contributed by atoms with Crippen LogP contribution in [0.4, 0.5) is 11.8 Å². The average Bonchev–Trinajstić information content (AvgIpc) is 2.58. The van der Waals surface area contributed by atoms with E-state index in [0.29, 0.717) is 25.4 Å². The number of nitrogen functional groups attached to an aromatic ring is 1. The summed E-state index contributed by atoms with van der Waals surface area (Å²) in [7, 11) is 0. The first-order valence-electron chi connectivity index (χ1n) is 9.36. The highest BCUT2D eigenvalue weighted by molar-refractivity contribution is 5.77. The Labute approximate surface area is 154 Å². The van der Waals surface area contributed by atoms with E-state index in [2.05, 4.69) is 14.9 Å². The van der Waals surface area contributed by atoms with Gasteiger partial charge in [0.05, 0.1) is 12.7 Å². The molecule has 1 spiro atoms. The van der Waals surface area contributed by atoms with E-state index in [0.717, 1.165) is 38.2 Å². The molecule has 3 N–H and O–H groups in total. The van der Waals surface area contributed by atoms with E-state index in [-0.39, 0.29) is 30.0 Å². The molecule has 0 aliphatic carbocycles. The quantitative estimate of drug-likeness (QED) is 0.805. The number of carbonyl (C=O) groups excluding carboxylic acids is 1. The van der Waals surface area contributed by atoms with Crippen LogP contribution in [0.2, 0.25) is 0 Å². The van der Waals surface area contributed by atoms with Crippen molar-refractivity contribution in [2.24, 2.45) is 5.41 Å². The van der Waals surface area contributed by atoms with Crippen LogP contribution in [0.3, 0.4) is 0 Å². The molecular weight excluding hydrogens is 334 g/mol. The Bertz CT molecular complexity index is 654. The molecule has 3 rings (SSSR count). The van der Waals surface area contributed by atoms with Crippen LogP contribution in [0, 0.1) is 5.41 Å². The van der Waals surface area contributed by atoms with Gasteiger partial charge in [0.2, 0.25) is 17.7 Å². The zero-order valence-corrected chi connectivity index (χ0v) is 15.6. The van der Waals surface area contributed by atoms with Gasteiger partial charge in [-0.1, -0.05) is 0 Å². The lowest BCUT2D eigenvalue weighted by atomic mass is 9.73. The summed E-state index contributed by atoms with van der Waals surface area (Å²) in [5, 5.41) is 9.24. The van der Waals surface area contributed by atoms with Crippen molar-refractivity contribution in [3.63, 3.8) is 0 Å². The Morgan fingerprint density at radius 3 is 2.88 bits per heavy atom. The number of amides is 1. The number of anilines is 2. The van der Waals surface area contributed by atoms with Gasteiger partial charge in [0.15, 0.2) is 0 Å². The molecule has 0 saturated carbocycles. The Hall–Kier alpha value is -2.09. The summed E-state index contributed by atoms with van der Waals surface area (Å²) < 4.78 is 5.69. The molecule has 1 amide bonds. The number of aliphatic hydroxyl groups excluding tert-OH is 1. The zero-order valence-electron chi connectivity index (χ0n) is 15.6. The summed E-state index contributed by atoms with van der Waals surface area (Å²) in [6.07, 6.45) is 3.54. The van der Waals surface area contributed by atoms with E-state index >= 15 is 0 Å². The van der Waals surface area contributed by atoms with Crippen molar-refractivity contribution in [2.75, 3.05) is 43.4 Å². The van der Waals surface area contributed by atoms with Gasteiger partial charge in [0, 0.05) is 44.1 Å². The monoisotopic (exact) mass is 363 g/mol. The molecule has 0 radical (unpaired) electrons. The summed E-state index contributed by atoms with van der Waals surface area (Å²) in [5.41, 5.74) is 5.92. The molecule has 3 heterocycles. The van der Waals surface area contributed by atoms with Crippen molar-refractivity contribution in [3.8, 4) is 5.88 Å². The Kier molecular flexibility index (Phi) is 5.50. The third-order valence-corrected chi connectivity index (χ3v) is 5.17. The number of rotatable bonds is 5. The minimum absolute atomic E-state index is 0.00385. The van der Waals surface area contributed by atoms with Crippen LogP contribution in [0.15, 0.2) is 6.07 Å². The highest BCUT2D eigenvalue weighted by Gasteiger charge is 2.42. The van der Waals surface area contributed by atoms with Gasteiger partial charge in [-0.15, -0.1) is 0 Å². The SMILES string of the molecule is CC(C)Oc1cc(N2CCC[C@@]3(CCC(=O)N(CCO)C3)C2)nc(N)n1. The predicted molar refractivity (Wildman–Crippen MR) is 99.0 cm³/mol. The summed E-state index contributed by atoms with van der Waals surface area (Å²) >= 11 is 0. The first-order chi connectivity index (χ1) is 12.4. The topological polar surface area (TPSA) is 105 Å². The lowest BCUT2D eigenvalue weighted by Crippen LogP contribution is -2.54. The highest BCUT2D eigenvalue weighted by Crippen LogP contribution is 2.40. The number of nitrogens with two attached hydrogens (primary N) is 1. The molecule has 1 aromatic rings. The van der Waals surface area contributed by atoms with Gasteiger partial charge in [-0.3, -0.25) is 4.79 Å². The van der Waals surface area contributed by atoms with Crippen LogP contribution in [0.1, 0.15) is 39.5 Å². The van der Waals surface area contributed by atoms with E-state index in [1.807, 2.05) is 19.9 Å². The number of piperidine rings is 2. The van der Waals surface area contributed by atoms with Crippen LogP contribution in [-0.2, 0) is 4.79 Å².